The highest BCUT2D eigenvalue weighted by atomic mass is 35.5. The maximum atomic E-state index is 12.0. The number of nitrogens with zero attached hydrogens (tertiary/aromatic N) is 3. The van der Waals surface area contributed by atoms with Gasteiger partial charge in [0.2, 0.25) is 0 Å². The molecule has 0 amide bonds. The molecule has 0 saturated carbocycles. The molecule has 33 heavy (non-hydrogen) atoms. The Morgan fingerprint density at radius 3 is 2.52 bits per heavy atom. The highest BCUT2D eigenvalue weighted by Crippen LogP contribution is 2.33. The number of aliphatic carboxylic acids is 1. The zero-order valence-corrected chi connectivity index (χ0v) is 20.1. The van der Waals surface area contributed by atoms with Crippen molar-refractivity contribution in [2.24, 2.45) is 0 Å². The van der Waals surface area contributed by atoms with Crippen molar-refractivity contribution in [3.8, 4) is 22.7 Å². The second-order valence-electron chi connectivity index (χ2n) is 7.13. The molecular formula is C24H19Cl2N3O3S. The number of hydrogen-bond donors (Lipinski definition) is 1. The summed E-state index contributed by atoms with van der Waals surface area (Å²) in [6, 6.07) is 16.3. The normalized spacial score (nSPS) is 11.7. The first-order valence-corrected chi connectivity index (χ1v) is 11.6. The number of rotatable bonds is 7. The minimum absolute atomic E-state index is 0.0588. The highest BCUT2D eigenvalue weighted by Gasteiger charge is 2.19. The van der Waals surface area contributed by atoms with Crippen LogP contribution in [0.5, 0.6) is 0 Å². The van der Waals surface area contributed by atoms with Gasteiger partial charge in [0, 0.05) is 33.8 Å². The van der Waals surface area contributed by atoms with Gasteiger partial charge in [0.1, 0.15) is 16.4 Å². The van der Waals surface area contributed by atoms with Crippen LogP contribution >= 0.6 is 35.0 Å². The second kappa shape index (κ2) is 9.87. The summed E-state index contributed by atoms with van der Waals surface area (Å²) in [7, 11) is 0. The summed E-state index contributed by atoms with van der Waals surface area (Å²) in [5.41, 5.74) is 2.70. The van der Waals surface area contributed by atoms with Gasteiger partial charge in [0.15, 0.2) is 11.0 Å². The SMILES string of the molecule is CCn1c(S/C(=C\c2ccc(-c3cc(Cl)ccc3C)o2)C(=O)O)nnc1-c1ccc(Cl)cc1. The summed E-state index contributed by atoms with van der Waals surface area (Å²) in [6.07, 6.45) is 1.48. The number of halogens is 2. The Bertz CT molecular complexity index is 1340. The molecule has 0 atom stereocenters. The Balaban J connectivity index is 1.64. The standard InChI is InChI=1S/C24H19Cl2N3O3S/c1-3-29-22(15-5-8-16(25)9-6-15)27-28-24(29)33-21(23(30)31)13-18-10-11-20(32-18)19-12-17(26)7-4-14(19)2/h4-13H,3H2,1-2H3,(H,30,31)/b21-13-. The van der Waals surface area contributed by atoms with Gasteiger partial charge >= 0.3 is 5.97 Å². The molecule has 1 N–H and O–H groups in total. The first-order valence-electron chi connectivity index (χ1n) is 10.0. The molecule has 2 aromatic heterocycles. The molecule has 2 heterocycles. The van der Waals surface area contributed by atoms with E-state index in [4.69, 9.17) is 27.6 Å². The van der Waals surface area contributed by atoms with E-state index < -0.39 is 5.97 Å². The number of carbonyl (C=O) groups is 1. The van der Waals surface area contributed by atoms with Crippen molar-refractivity contribution in [1.82, 2.24) is 14.8 Å². The lowest BCUT2D eigenvalue weighted by molar-refractivity contribution is -0.131. The fourth-order valence-electron chi connectivity index (χ4n) is 3.26. The summed E-state index contributed by atoms with van der Waals surface area (Å²) in [5, 5.41) is 20.0. The summed E-state index contributed by atoms with van der Waals surface area (Å²) in [6.45, 7) is 4.47. The Labute approximate surface area is 204 Å². The average Bonchev–Trinajstić information content (AvgIpc) is 3.42. The highest BCUT2D eigenvalue weighted by molar-refractivity contribution is 8.04. The number of thioether (sulfide) groups is 1. The number of hydrogen-bond acceptors (Lipinski definition) is 5. The minimum atomic E-state index is -1.09. The predicted molar refractivity (Wildman–Crippen MR) is 132 cm³/mol. The van der Waals surface area contributed by atoms with Crippen LogP contribution in [0, 0.1) is 6.92 Å². The van der Waals surface area contributed by atoms with Gasteiger partial charge in [-0.1, -0.05) is 29.3 Å². The molecule has 0 bridgehead atoms. The van der Waals surface area contributed by atoms with Crippen molar-refractivity contribution in [2.45, 2.75) is 25.5 Å². The number of carboxylic acids is 1. The topological polar surface area (TPSA) is 81.2 Å². The van der Waals surface area contributed by atoms with Gasteiger partial charge in [0.05, 0.1) is 0 Å². The number of aryl methyl sites for hydroxylation is 1. The number of aromatic nitrogens is 3. The van der Waals surface area contributed by atoms with Gasteiger partial charge in [0.25, 0.3) is 0 Å². The van der Waals surface area contributed by atoms with Crippen LogP contribution in [0.25, 0.3) is 28.8 Å². The van der Waals surface area contributed by atoms with E-state index in [9.17, 15) is 9.90 Å². The molecule has 0 aliphatic rings. The molecule has 4 rings (SSSR count). The average molecular weight is 500 g/mol. The van der Waals surface area contributed by atoms with Crippen molar-refractivity contribution in [3.05, 3.63) is 80.9 Å². The maximum absolute atomic E-state index is 12.0. The lowest BCUT2D eigenvalue weighted by Crippen LogP contribution is -2.02. The van der Waals surface area contributed by atoms with E-state index in [0.29, 0.717) is 39.1 Å². The zero-order chi connectivity index (χ0) is 23.5. The maximum Gasteiger partial charge on any atom is 0.342 e. The van der Waals surface area contributed by atoms with Crippen molar-refractivity contribution >= 4 is 47.0 Å². The van der Waals surface area contributed by atoms with Crippen molar-refractivity contribution in [3.63, 3.8) is 0 Å². The van der Waals surface area contributed by atoms with E-state index in [1.165, 1.54) is 6.08 Å². The zero-order valence-electron chi connectivity index (χ0n) is 17.8. The Hall–Kier alpha value is -3.00. The van der Waals surface area contributed by atoms with Crippen molar-refractivity contribution in [1.29, 1.82) is 0 Å². The van der Waals surface area contributed by atoms with E-state index in [-0.39, 0.29) is 4.91 Å². The predicted octanol–water partition coefficient (Wildman–Crippen LogP) is 7.06. The van der Waals surface area contributed by atoms with Crippen LogP contribution in [-0.4, -0.2) is 25.8 Å². The molecule has 0 radical (unpaired) electrons. The third-order valence-electron chi connectivity index (χ3n) is 4.91. The first-order chi connectivity index (χ1) is 15.9. The molecule has 4 aromatic rings. The molecule has 0 saturated heterocycles. The summed E-state index contributed by atoms with van der Waals surface area (Å²) >= 11 is 13.1. The van der Waals surface area contributed by atoms with Gasteiger partial charge < -0.3 is 14.1 Å². The van der Waals surface area contributed by atoms with E-state index in [2.05, 4.69) is 10.2 Å². The molecule has 2 aromatic carbocycles. The molecule has 9 heteroatoms. The van der Waals surface area contributed by atoms with Gasteiger partial charge in [-0.25, -0.2) is 4.79 Å². The van der Waals surface area contributed by atoms with Gasteiger partial charge in [-0.3, -0.25) is 0 Å². The van der Waals surface area contributed by atoms with E-state index in [1.54, 1.807) is 24.3 Å². The van der Waals surface area contributed by atoms with Crippen molar-refractivity contribution in [2.75, 3.05) is 0 Å². The van der Waals surface area contributed by atoms with E-state index in [1.807, 2.05) is 48.7 Å². The third kappa shape index (κ3) is 5.16. The van der Waals surface area contributed by atoms with Gasteiger partial charge in [-0.2, -0.15) is 0 Å². The van der Waals surface area contributed by atoms with Crippen LogP contribution in [0.4, 0.5) is 0 Å². The van der Waals surface area contributed by atoms with Gasteiger partial charge in [-0.05, 0) is 79.7 Å². The largest absolute Gasteiger partial charge is 0.477 e. The van der Waals surface area contributed by atoms with Crippen molar-refractivity contribution < 1.29 is 14.3 Å². The van der Waals surface area contributed by atoms with Crippen LogP contribution in [0.1, 0.15) is 18.2 Å². The monoisotopic (exact) mass is 499 g/mol. The fourth-order valence-corrected chi connectivity index (χ4v) is 4.42. The Morgan fingerprint density at radius 2 is 1.82 bits per heavy atom. The lowest BCUT2D eigenvalue weighted by atomic mass is 10.1. The van der Waals surface area contributed by atoms with Crippen LogP contribution in [-0.2, 0) is 11.3 Å². The molecule has 0 aliphatic heterocycles. The molecule has 0 aliphatic carbocycles. The van der Waals surface area contributed by atoms with E-state index >= 15 is 0 Å². The second-order valence-corrected chi connectivity index (χ2v) is 9.02. The van der Waals surface area contributed by atoms with Crippen LogP contribution in [0.3, 0.4) is 0 Å². The number of furan rings is 1. The van der Waals surface area contributed by atoms with E-state index in [0.717, 1.165) is 28.5 Å². The number of benzene rings is 2. The summed E-state index contributed by atoms with van der Waals surface area (Å²) in [4.78, 5) is 12.0. The summed E-state index contributed by atoms with van der Waals surface area (Å²) < 4.78 is 7.75. The molecule has 0 fully saturated rings. The molecule has 168 valence electrons. The minimum Gasteiger partial charge on any atom is -0.477 e. The van der Waals surface area contributed by atoms with Crippen LogP contribution in [0.15, 0.2) is 69.1 Å². The van der Waals surface area contributed by atoms with Gasteiger partial charge in [-0.15, -0.1) is 10.2 Å². The quantitative estimate of drug-likeness (QED) is 0.216. The molecule has 6 nitrogen and oxygen atoms in total. The molecule has 0 unspecified atom stereocenters. The lowest BCUT2D eigenvalue weighted by Gasteiger charge is -2.07. The molecule has 0 spiro atoms. The first kappa shape index (κ1) is 23.2. The smallest absolute Gasteiger partial charge is 0.342 e. The Morgan fingerprint density at radius 1 is 1.09 bits per heavy atom. The number of carboxylic acid groups (broad SMARTS) is 1. The fraction of sp³-hybridized carbons (Fsp3) is 0.125. The third-order valence-corrected chi connectivity index (χ3v) is 6.40. The molecular weight excluding hydrogens is 481 g/mol. The van der Waals surface area contributed by atoms with Crippen LogP contribution in [0.2, 0.25) is 10.0 Å². The Kier molecular flexibility index (Phi) is 6.93. The van der Waals surface area contributed by atoms with Crippen LogP contribution < -0.4 is 0 Å². The summed E-state index contributed by atoms with van der Waals surface area (Å²) in [5.74, 6) is 0.571.